The summed E-state index contributed by atoms with van der Waals surface area (Å²) in [6, 6.07) is 23.1. The van der Waals surface area contributed by atoms with Crippen molar-refractivity contribution in [2.24, 2.45) is 0 Å². The first-order valence-electron chi connectivity index (χ1n) is 11.4. The van der Waals surface area contributed by atoms with E-state index in [2.05, 4.69) is 96.1 Å². The van der Waals surface area contributed by atoms with E-state index in [1.165, 1.54) is 17.4 Å². The summed E-state index contributed by atoms with van der Waals surface area (Å²) >= 11 is 3.19. The molecule has 0 aliphatic carbocycles. The maximum Gasteiger partial charge on any atom is 0.177 e. The molecule has 0 N–H and O–H groups in total. The van der Waals surface area contributed by atoms with Gasteiger partial charge in [0.1, 0.15) is 0 Å². The van der Waals surface area contributed by atoms with Crippen LogP contribution in [0, 0.1) is 0 Å². The zero-order valence-corrected chi connectivity index (χ0v) is 23.3. The van der Waals surface area contributed by atoms with Gasteiger partial charge in [0.05, 0.1) is 9.77 Å². The fourth-order valence-electron chi connectivity index (χ4n) is 3.85. The molecule has 5 heteroatoms. The van der Waals surface area contributed by atoms with Gasteiger partial charge in [0, 0.05) is 20.9 Å². The van der Waals surface area contributed by atoms with Crippen molar-refractivity contribution in [3.8, 4) is 30.6 Å². The molecule has 178 valence electrons. The van der Waals surface area contributed by atoms with Crippen LogP contribution in [0.25, 0.3) is 30.6 Å². The number of hydrogen-bond acceptors (Lipinski definition) is 4. The van der Waals surface area contributed by atoms with Crippen LogP contribution < -0.4 is 0 Å². The molecule has 0 unspecified atom stereocenters. The predicted molar refractivity (Wildman–Crippen MR) is 149 cm³/mol. The van der Waals surface area contributed by atoms with Crippen LogP contribution in [0.1, 0.15) is 52.7 Å². The average molecular weight is 509 g/mol. The number of hydrogen-bond donors (Lipinski definition) is 0. The molecular weight excluding hydrogens is 477 g/mol. The van der Waals surface area contributed by atoms with Crippen LogP contribution in [-0.2, 0) is 20.7 Å². The first-order chi connectivity index (χ1) is 15.7. The fraction of sp³-hybridized carbons (Fsp3) is 0.310. The van der Waals surface area contributed by atoms with E-state index in [-0.39, 0.29) is 10.8 Å². The summed E-state index contributed by atoms with van der Waals surface area (Å²) in [6.07, 6.45) is 1.30. The van der Waals surface area contributed by atoms with Crippen LogP contribution in [0.2, 0.25) is 0 Å². The lowest BCUT2D eigenvalue weighted by atomic mass is 9.86. The molecule has 0 saturated heterocycles. The molecule has 4 aromatic rings. The van der Waals surface area contributed by atoms with Gasteiger partial charge in [0.15, 0.2) is 9.84 Å². The van der Waals surface area contributed by atoms with E-state index in [1.54, 1.807) is 22.7 Å². The molecule has 0 atom stereocenters. The highest BCUT2D eigenvalue weighted by Gasteiger charge is 2.22. The Labute approximate surface area is 212 Å². The average Bonchev–Trinajstić information content (AvgIpc) is 3.40. The van der Waals surface area contributed by atoms with Crippen LogP contribution in [0.15, 0.2) is 71.6 Å². The third-order valence-corrected chi connectivity index (χ3v) is 9.75. The monoisotopic (exact) mass is 508 g/mol. The molecule has 34 heavy (non-hydrogen) atoms. The zero-order valence-electron chi connectivity index (χ0n) is 20.9. The Morgan fingerprint density at radius 2 is 1.03 bits per heavy atom. The quantitative estimate of drug-likeness (QED) is 0.276. The molecule has 4 rings (SSSR count). The standard InChI is InChI=1S/C29H32O2S3/c1-28(2,3)21-12-8-19(9-13-21)23-16-17-24(32-23)27-26(34(7,30)31)18-25(33-27)20-10-14-22(15-11-20)29(4,5)6/h8-18H,1-7H3. The highest BCUT2D eigenvalue weighted by molar-refractivity contribution is 7.91. The van der Waals surface area contributed by atoms with Gasteiger partial charge in [-0.1, -0.05) is 90.1 Å². The molecule has 2 aromatic carbocycles. The van der Waals surface area contributed by atoms with Crippen LogP contribution in [-0.4, -0.2) is 14.7 Å². The molecule has 0 amide bonds. The van der Waals surface area contributed by atoms with Crippen molar-refractivity contribution in [3.63, 3.8) is 0 Å². The summed E-state index contributed by atoms with van der Waals surface area (Å²) in [5, 5.41) is 0. The SMILES string of the molecule is CC(C)(C)c1ccc(-c2ccc(-c3sc(-c4ccc(C(C)(C)C)cc4)cc3S(C)(=O)=O)s2)cc1. The minimum atomic E-state index is -3.36. The van der Waals surface area contributed by atoms with Gasteiger partial charge in [0.2, 0.25) is 0 Å². The third kappa shape index (κ3) is 5.22. The van der Waals surface area contributed by atoms with Crippen molar-refractivity contribution in [1.29, 1.82) is 0 Å². The minimum Gasteiger partial charge on any atom is -0.224 e. The fourth-order valence-corrected chi connectivity index (χ4v) is 7.54. The first kappa shape index (κ1) is 24.9. The van der Waals surface area contributed by atoms with Crippen LogP contribution in [0.3, 0.4) is 0 Å². The van der Waals surface area contributed by atoms with Gasteiger partial charge in [-0.3, -0.25) is 0 Å². The first-order valence-corrected chi connectivity index (χ1v) is 14.9. The number of benzene rings is 2. The summed E-state index contributed by atoms with van der Waals surface area (Å²) in [5.41, 5.74) is 4.95. The highest BCUT2D eigenvalue weighted by atomic mass is 32.2. The van der Waals surface area contributed by atoms with Crippen LogP contribution in [0.4, 0.5) is 0 Å². The summed E-state index contributed by atoms with van der Waals surface area (Å²) in [6.45, 7) is 13.2. The van der Waals surface area contributed by atoms with E-state index in [1.807, 2.05) is 12.1 Å². The molecule has 2 nitrogen and oxygen atoms in total. The Bertz CT molecular complexity index is 1400. The van der Waals surface area contributed by atoms with E-state index >= 15 is 0 Å². The van der Waals surface area contributed by atoms with Crippen LogP contribution in [0.5, 0.6) is 0 Å². The molecule has 0 bridgehead atoms. The molecule has 0 saturated carbocycles. The minimum absolute atomic E-state index is 0.0789. The maximum atomic E-state index is 12.7. The van der Waals surface area contributed by atoms with Crippen molar-refractivity contribution in [2.45, 2.75) is 57.3 Å². The number of thiophene rings is 2. The normalized spacial score (nSPS) is 12.8. The van der Waals surface area contributed by atoms with E-state index in [0.717, 1.165) is 30.6 Å². The molecule has 2 aromatic heterocycles. The molecule has 2 heterocycles. The second kappa shape index (κ2) is 8.78. The lowest BCUT2D eigenvalue weighted by Gasteiger charge is -2.19. The maximum absolute atomic E-state index is 12.7. The Balaban J connectivity index is 1.72. The summed E-state index contributed by atoms with van der Waals surface area (Å²) in [7, 11) is -3.36. The lowest BCUT2D eigenvalue weighted by Crippen LogP contribution is -2.10. The molecule has 0 spiro atoms. The Morgan fingerprint density at radius 3 is 1.47 bits per heavy atom. The van der Waals surface area contributed by atoms with E-state index in [4.69, 9.17) is 0 Å². The van der Waals surface area contributed by atoms with Crippen molar-refractivity contribution < 1.29 is 8.42 Å². The second-order valence-electron chi connectivity index (χ2n) is 10.9. The summed E-state index contributed by atoms with van der Waals surface area (Å²) < 4.78 is 25.4. The smallest absolute Gasteiger partial charge is 0.177 e. The number of rotatable bonds is 4. The molecule has 0 aliphatic heterocycles. The van der Waals surface area contributed by atoms with E-state index < -0.39 is 9.84 Å². The van der Waals surface area contributed by atoms with Crippen molar-refractivity contribution in [3.05, 3.63) is 77.9 Å². The van der Waals surface area contributed by atoms with Gasteiger partial charge < -0.3 is 0 Å². The summed E-state index contributed by atoms with van der Waals surface area (Å²) in [4.78, 5) is 4.32. The molecule has 0 radical (unpaired) electrons. The number of sulfone groups is 1. The van der Waals surface area contributed by atoms with Crippen molar-refractivity contribution in [1.82, 2.24) is 0 Å². The summed E-state index contributed by atoms with van der Waals surface area (Å²) in [5.74, 6) is 0. The largest absolute Gasteiger partial charge is 0.224 e. The van der Waals surface area contributed by atoms with Crippen molar-refractivity contribution in [2.75, 3.05) is 6.26 Å². The van der Waals surface area contributed by atoms with Gasteiger partial charge in [0.25, 0.3) is 0 Å². The Kier molecular flexibility index (Phi) is 6.43. The van der Waals surface area contributed by atoms with E-state index in [9.17, 15) is 8.42 Å². The van der Waals surface area contributed by atoms with Gasteiger partial charge in [-0.25, -0.2) is 8.42 Å². The van der Waals surface area contributed by atoms with Gasteiger partial charge >= 0.3 is 0 Å². The Hall–Kier alpha value is -2.21. The topological polar surface area (TPSA) is 34.1 Å². The van der Waals surface area contributed by atoms with Gasteiger partial charge in [-0.15, -0.1) is 22.7 Å². The Morgan fingerprint density at radius 1 is 0.588 bits per heavy atom. The van der Waals surface area contributed by atoms with Gasteiger partial charge in [-0.2, -0.15) is 0 Å². The highest BCUT2D eigenvalue weighted by Crippen LogP contribution is 2.45. The molecule has 0 fully saturated rings. The predicted octanol–water partition coefficient (Wildman–Crippen LogP) is 8.81. The molecular formula is C29H32O2S3. The second-order valence-corrected chi connectivity index (χ2v) is 15.0. The molecule has 0 aliphatic rings. The lowest BCUT2D eigenvalue weighted by molar-refractivity contribution is 0.590. The van der Waals surface area contributed by atoms with Crippen LogP contribution >= 0.6 is 22.7 Å². The zero-order chi connectivity index (χ0) is 24.9. The van der Waals surface area contributed by atoms with Crippen molar-refractivity contribution >= 4 is 32.5 Å². The van der Waals surface area contributed by atoms with Gasteiger partial charge in [-0.05, 0) is 51.3 Å². The third-order valence-electron chi connectivity index (χ3n) is 6.00. The van der Waals surface area contributed by atoms with E-state index in [0.29, 0.717) is 4.90 Å².